The molecule has 0 amide bonds. The van der Waals surface area contributed by atoms with Crippen LogP contribution in [0.5, 0.6) is 0 Å². The van der Waals surface area contributed by atoms with Crippen LogP contribution in [0.3, 0.4) is 0 Å². The number of nitrogens with two attached hydrogens (primary N) is 1. The summed E-state index contributed by atoms with van der Waals surface area (Å²) < 4.78 is 25.6. The van der Waals surface area contributed by atoms with Crippen molar-refractivity contribution in [2.45, 2.75) is 290 Å². The van der Waals surface area contributed by atoms with Crippen molar-refractivity contribution in [2.24, 2.45) is 27.6 Å². The molecule has 620 valence electrons. The maximum absolute atomic E-state index is 11.9. The lowest BCUT2D eigenvalue weighted by Crippen LogP contribution is -2.86. The van der Waals surface area contributed by atoms with Crippen LogP contribution < -0.4 is 5.90 Å². The maximum Gasteiger partial charge on any atom is 0.364 e. The quantitative estimate of drug-likeness (QED) is 0.0282. The Hall–Kier alpha value is -4.68. The van der Waals surface area contributed by atoms with Crippen molar-refractivity contribution in [1.82, 2.24) is 0 Å². The van der Waals surface area contributed by atoms with E-state index in [-0.39, 0.29) is 0 Å². The van der Waals surface area contributed by atoms with Gasteiger partial charge in [0.1, 0.15) is 124 Å². The van der Waals surface area contributed by atoms with Gasteiger partial charge in [0.2, 0.25) is 5.79 Å². The van der Waals surface area contributed by atoms with Crippen molar-refractivity contribution < 1.29 is 210 Å². The zero-order valence-electron chi connectivity index (χ0n) is 62.1. The van der Waals surface area contributed by atoms with E-state index in [0.717, 1.165) is 132 Å². The molecule has 4 aliphatic rings. The lowest BCUT2D eigenvalue weighted by Gasteiger charge is -2.66. The molecule has 4 saturated heterocycles. The van der Waals surface area contributed by atoms with Crippen molar-refractivity contribution in [3.63, 3.8) is 0 Å². The summed E-state index contributed by atoms with van der Waals surface area (Å²) in [6.07, 6.45) is -19.6. The predicted molar refractivity (Wildman–Crippen MR) is 344 cm³/mol. The Kier molecular flexibility index (Phi) is 29.5. The summed E-state index contributed by atoms with van der Waals surface area (Å²) in [5.41, 5.74) is -37.3. The predicted octanol–water partition coefficient (Wildman–Crippen LogP) is -10.6. The van der Waals surface area contributed by atoms with Gasteiger partial charge in [-0.15, -0.1) is 0 Å². The molecule has 4 heterocycles. The van der Waals surface area contributed by atoms with Crippen LogP contribution in [-0.2, 0) is 66.9 Å². The molecule has 30 N–H and O–H groups in total. The molecule has 43 heteroatoms. The summed E-state index contributed by atoms with van der Waals surface area (Å²) >= 11 is 0. The number of aliphatic carboxylic acids is 4. The van der Waals surface area contributed by atoms with Crippen LogP contribution in [0.25, 0.3) is 0 Å². The minimum Gasteiger partial charge on any atom is -0.477 e. The van der Waals surface area contributed by atoms with Gasteiger partial charge in [-0.3, -0.25) is 24.0 Å². The van der Waals surface area contributed by atoms with E-state index in [1.54, 1.807) is 0 Å². The third-order valence-electron chi connectivity index (χ3n) is 23.5. The standard InChI is InChI=1S/C18H30O11.C16H28O11.C16H28O10.C13H25NO10/c1-9(19)7-17(26)15(5,11(21)12(22)28-8-10(2)20)29-18(27,13(23)24)14(3,4)16(17,6)25;1-12(2)14(4,24)15(25,5-8(19)6-17)13(3,10(21)9(20)7-18)27-16(12,26)11(22)23;1-8(18)6-15(24)13(4,10(20)9(19)7-17)26-16(25,11(21)22)12(2,3)14(15,5)23;1-9(2)11(4,20)13(22,24-14)10(3,7(17)6(16)5-15)23-12(9,21)8(18)19/h11-12,21-22,25-27H,7-8H2,1-6H3,(H,23,24);9-10,17-18,20-21,24-26H,5-7H2,1-4H3,(H,22,23);9-10,17,19-20,23-25H,6-7H2,1-5H3,(H,21,22);6-7,15-17,20-22H,5,14H2,1-4H3,(H,18,19)/t11?,12?,15?,16-,17-,18-;2*9?,10?,13?,14-,15-,16-;6?,7?,10?,11-,12-,13+/m1111/s1. The molecule has 106 heavy (non-hydrogen) atoms. The summed E-state index contributed by atoms with van der Waals surface area (Å²) in [7, 11) is 0. The van der Waals surface area contributed by atoms with E-state index in [9.17, 15) is 161 Å². The van der Waals surface area contributed by atoms with Gasteiger partial charge in [-0.25, -0.2) is 25.1 Å². The topological polar surface area (TPSA) is 784 Å². The fourth-order valence-corrected chi connectivity index (χ4v) is 14.0. The first kappa shape index (κ1) is 99.3. The van der Waals surface area contributed by atoms with Gasteiger partial charge in [-0.1, -0.05) is 55.4 Å². The van der Waals surface area contributed by atoms with Crippen molar-refractivity contribution in [3.8, 4) is 0 Å². The highest BCUT2D eigenvalue weighted by Crippen LogP contribution is 2.64. The molecular formula is C63H111NO42. The smallest absolute Gasteiger partial charge is 0.364 e. The van der Waals surface area contributed by atoms with Crippen molar-refractivity contribution in [1.29, 1.82) is 0 Å². The second kappa shape index (κ2) is 31.5. The SMILES string of the molecule is CC(=O)COC(O)C(O)C1(C)O[C@](O)(C(=O)O)C(C)(C)[C@@](C)(O)[C@@]1(O)CC(C)=O.CC(=O)C[C@@]1(O)C(C)(C(O)C(O)CO)O[C@](O)(C(=O)O)C(C)(C)[C@@]1(C)O.CC1(C(O)C(O)CO)O[C@](O)(C(=O)O)C(C)(C)[C@@](C)(O)[C@@]1(O)CC(=O)CO.CC1(C(O)C(O)CO)O[C@](O)(C(=O)O)C(C)(C)[C@@](C)(O)[C@@]1(O)ON. The van der Waals surface area contributed by atoms with Crippen LogP contribution in [0.15, 0.2) is 0 Å². The van der Waals surface area contributed by atoms with E-state index in [4.69, 9.17) is 50.0 Å². The van der Waals surface area contributed by atoms with Crippen LogP contribution in [0.2, 0.25) is 0 Å². The van der Waals surface area contributed by atoms with E-state index in [2.05, 4.69) is 4.84 Å². The Morgan fingerprint density at radius 1 is 0.349 bits per heavy atom. The first-order valence-electron chi connectivity index (χ1n) is 32.2. The maximum atomic E-state index is 11.9. The lowest BCUT2D eigenvalue weighted by atomic mass is 9.52. The molecule has 0 aliphatic carbocycles. The summed E-state index contributed by atoms with van der Waals surface area (Å²) in [6, 6.07) is 0. The average molecular weight is 1550 g/mol. The lowest BCUT2D eigenvalue weighted by molar-refractivity contribution is -0.495. The Labute approximate surface area is 606 Å². The first-order valence-corrected chi connectivity index (χ1v) is 32.2. The molecule has 0 saturated carbocycles. The summed E-state index contributed by atoms with van der Waals surface area (Å²) in [6.45, 7) is 14.7. The molecule has 0 spiro atoms. The Bertz CT molecular complexity index is 3210. The summed E-state index contributed by atoms with van der Waals surface area (Å²) in [5.74, 6) is -21.0. The fraction of sp³-hybridized carbons (Fsp3) is 0.873. The van der Waals surface area contributed by atoms with Gasteiger partial charge in [0.15, 0.2) is 23.5 Å². The molecule has 43 nitrogen and oxygen atoms in total. The summed E-state index contributed by atoms with van der Waals surface area (Å²) in [4.78, 5) is 98.0. The zero-order valence-corrected chi connectivity index (χ0v) is 62.1. The number of ketones is 4. The molecule has 0 aromatic rings. The molecule has 4 aliphatic heterocycles. The second-order valence-electron chi connectivity index (χ2n) is 30.8. The Morgan fingerprint density at radius 3 is 0.792 bits per heavy atom. The largest absolute Gasteiger partial charge is 0.477 e. The molecular weight excluding hydrogens is 1440 g/mol. The number of ether oxygens (including phenoxy) is 5. The molecule has 0 aromatic heterocycles. The fourth-order valence-electron chi connectivity index (χ4n) is 14.0. The van der Waals surface area contributed by atoms with Crippen LogP contribution >= 0.6 is 0 Å². The van der Waals surface area contributed by atoms with E-state index in [1.807, 2.05) is 0 Å². The number of carbonyl (C=O) groups excluding carboxylic acids is 4. The normalized spacial score (nSPS) is 41.5. The molecule has 24 atom stereocenters. The van der Waals surface area contributed by atoms with Gasteiger partial charge >= 0.3 is 23.9 Å². The molecule has 0 aromatic carbocycles. The summed E-state index contributed by atoms with van der Waals surface area (Å²) in [5, 5.41) is 288. The third-order valence-corrected chi connectivity index (χ3v) is 23.5. The number of rotatable bonds is 26. The molecule has 0 radical (unpaired) electrons. The number of aliphatic hydroxyl groups excluding tert-OH is 12. The number of carboxylic acid groups (broad SMARTS) is 4. The van der Waals surface area contributed by atoms with Crippen LogP contribution in [-0.4, -0.2) is 363 Å². The van der Waals surface area contributed by atoms with Crippen molar-refractivity contribution in [3.05, 3.63) is 0 Å². The van der Waals surface area contributed by atoms with Crippen molar-refractivity contribution in [2.75, 3.05) is 33.0 Å². The van der Waals surface area contributed by atoms with Crippen molar-refractivity contribution >= 4 is 47.0 Å². The van der Waals surface area contributed by atoms with Gasteiger partial charge in [-0.05, 0) is 76.2 Å². The number of Topliss-reactive ketones (excluding diaryl/α,β-unsaturated/α-hetero) is 4. The first-order chi connectivity index (χ1) is 46.9. The van der Waals surface area contributed by atoms with Gasteiger partial charge in [0, 0.05) is 19.3 Å². The second-order valence-corrected chi connectivity index (χ2v) is 30.8. The highest BCUT2D eigenvalue weighted by atomic mass is 16.8. The highest BCUT2D eigenvalue weighted by molar-refractivity contribution is 5.83. The molecule has 4 rings (SSSR count). The van der Waals surface area contributed by atoms with Gasteiger partial charge in [-0.2, -0.15) is 0 Å². The van der Waals surface area contributed by atoms with Gasteiger partial charge < -0.3 is 167 Å². The van der Waals surface area contributed by atoms with E-state index in [0.29, 0.717) is 0 Å². The van der Waals surface area contributed by atoms with E-state index >= 15 is 0 Å². The molecule has 0 bridgehead atoms. The van der Waals surface area contributed by atoms with Crippen LogP contribution in [0, 0.1) is 21.7 Å². The average Bonchev–Trinajstić information content (AvgIpc) is 0.699. The van der Waals surface area contributed by atoms with Gasteiger partial charge in [0.05, 0.1) is 41.5 Å². The number of carboxylic acids is 4. The number of aliphatic hydroxyl groups is 24. The Morgan fingerprint density at radius 2 is 0.575 bits per heavy atom. The molecule has 4 fully saturated rings. The third kappa shape index (κ3) is 14.4. The number of hydrogen-bond donors (Lipinski definition) is 29. The zero-order chi connectivity index (χ0) is 85.1. The van der Waals surface area contributed by atoms with E-state index in [1.165, 1.54) is 0 Å². The Balaban J connectivity index is 0.000000708. The molecule has 12 unspecified atom stereocenters. The monoisotopic (exact) mass is 1550 g/mol. The minimum absolute atomic E-state index is 0.514. The highest BCUT2D eigenvalue weighted by Gasteiger charge is 2.84. The minimum atomic E-state index is -3.17. The van der Waals surface area contributed by atoms with Crippen LogP contribution in [0.1, 0.15) is 151 Å². The van der Waals surface area contributed by atoms with Crippen LogP contribution in [0.4, 0.5) is 0 Å². The number of carbonyl (C=O) groups is 8. The number of hydrogen-bond acceptors (Lipinski definition) is 39. The van der Waals surface area contributed by atoms with Gasteiger partial charge in [0.25, 0.3) is 23.1 Å². The van der Waals surface area contributed by atoms with E-state index < -0.39 is 261 Å².